The Bertz CT molecular complexity index is 562. The summed E-state index contributed by atoms with van der Waals surface area (Å²) in [5.41, 5.74) is 2.24. The van der Waals surface area contributed by atoms with E-state index in [1.165, 1.54) is 5.56 Å². The molecule has 1 heterocycles. The Hall–Kier alpha value is -2.10. The summed E-state index contributed by atoms with van der Waals surface area (Å²) in [6, 6.07) is 10.2. The summed E-state index contributed by atoms with van der Waals surface area (Å²) in [5, 5.41) is 3.28. The van der Waals surface area contributed by atoms with E-state index in [1.54, 1.807) is 0 Å². The summed E-state index contributed by atoms with van der Waals surface area (Å²) in [6.07, 6.45) is 4.05. The fraction of sp³-hybridized carbons (Fsp3) is 0.412. The van der Waals surface area contributed by atoms with Crippen molar-refractivity contribution in [1.29, 1.82) is 0 Å². The van der Waals surface area contributed by atoms with Crippen LogP contribution in [0.4, 0.5) is 17.5 Å². The SMILES string of the molecule is CCCN(CCC)c1ccnc(Nc2cccc(C)c2)n1. The lowest BCUT2D eigenvalue weighted by Crippen LogP contribution is -2.26. The number of rotatable bonds is 7. The van der Waals surface area contributed by atoms with Crippen LogP contribution in [0.2, 0.25) is 0 Å². The molecule has 4 heteroatoms. The highest BCUT2D eigenvalue weighted by Crippen LogP contribution is 2.17. The van der Waals surface area contributed by atoms with Gasteiger partial charge in [-0.25, -0.2) is 4.98 Å². The number of anilines is 3. The second-order valence-corrected chi connectivity index (χ2v) is 5.22. The van der Waals surface area contributed by atoms with Crippen LogP contribution >= 0.6 is 0 Å². The highest BCUT2D eigenvalue weighted by atomic mass is 15.2. The molecule has 0 aliphatic rings. The van der Waals surface area contributed by atoms with Crippen molar-refractivity contribution in [2.24, 2.45) is 0 Å². The van der Waals surface area contributed by atoms with Crippen LogP contribution in [0.3, 0.4) is 0 Å². The van der Waals surface area contributed by atoms with Crippen molar-refractivity contribution >= 4 is 17.5 Å². The lowest BCUT2D eigenvalue weighted by Gasteiger charge is -2.22. The molecule has 0 aliphatic carbocycles. The Kier molecular flexibility index (Phi) is 5.55. The molecule has 2 rings (SSSR count). The van der Waals surface area contributed by atoms with Gasteiger partial charge < -0.3 is 10.2 Å². The lowest BCUT2D eigenvalue weighted by atomic mass is 10.2. The minimum absolute atomic E-state index is 0.648. The van der Waals surface area contributed by atoms with E-state index >= 15 is 0 Å². The Morgan fingerprint density at radius 3 is 2.52 bits per heavy atom. The number of aryl methyl sites for hydroxylation is 1. The van der Waals surface area contributed by atoms with E-state index < -0.39 is 0 Å². The first-order chi connectivity index (χ1) is 10.2. The van der Waals surface area contributed by atoms with Crippen LogP contribution in [-0.2, 0) is 0 Å². The van der Waals surface area contributed by atoms with Crippen LogP contribution < -0.4 is 10.2 Å². The zero-order chi connectivity index (χ0) is 15.1. The normalized spacial score (nSPS) is 10.4. The summed E-state index contributed by atoms with van der Waals surface area (Å²) in [7, 11) is 0. The van der Waals surface area contributed by atoms with Gasteiger partial charge in [-0.3, -0.25) is 0 Å². The summed E-state index contributed by atoms with van der Waals surface area (Å²) in [4.78, 5) is 11.3. The number of aromatic nitrogens is 2. The van der Waals surface area contributed by atoms with Crippen molar-refractivity contribution in [2.75, 3.05) is 23.3 Å². The summed E-state index contributed by atoms with van der Waals surface area (Å²) < 4.78 is 0. The fourth-order valence-corrected chi connectivity index (χ4v) is 2.32. The Morgan fingerprint density at radius 1 is 1.10 bits per heavy atom. The summed E-state index contributed by atoms with van der Waals surface area (Å²) in [6.45, 7) is 8.50. The second kappa shape index (κ2) is 7.62. The average Bonchev–Trinajstić information content (AvgIpc) is 2.47. The van der Waals surface area contributed by atoms with E-state index in [2.05, 4.69) is 53.1 Å². The molecule has 0 atom stereocenters. The first kappa shape index (κ1) is 15.3. The maximum Gasteiger partial charge on any atom is 0.229 e. The van der Waals surface area contributed by atoms with E-state index in [4.69, 9.17) is 0 Å². The third-order valence-corrected chi connectivity index (χ3v) is 3.23. The molecule has 1 N–H and O–H groups in total. The minimum atomic E-state index is 0.648. The Labute approximate surface area is 127 Å². The smallest absolute Gasteiger partial charge is 0.229 e. The van der Waals surface area contributed by atoms with Crippen LogP contribution in [0.15, 0.2) is 36.5 Å². The number of hydrogen-bond donors (Lipinski definition) is 1. The van der Waals surface area contributed by atoms with Gasteiger partial charge in [-0.15, -0.1) is 0 Å². The maximum absolute atomic E-state index is 4.64. The predicted octanol–water partition coefficient (Wildman–Crippen LogP) is 4.16. The van der Waals surface area contributed by atoms with Crippen molar-refractivity contribution in [3.63, 3.8) is 0 Å². The molecule has 0 radical (unpaired) electrons. The quantitative estimate of drug-likeness (QED) is 0.829. The molecule has 1 aromatic carbocycles. The first-order valence-electron chi connectivity index (χ1n) is 7.64. The molecule has 0 amide bonds. The van der Waals surface area contributed by atoms with Crippen LogP contribution in [0.25, 0.3) is 0 Å². The minimum Gasteiger partial charge on any atom is -0.356 e. The molecule has 1 aromatic heterocycles. The van der Waals surface area contributed by atoms with Gasteiger partial charge in [-0.1, -0.05) is 26.0 Å². The molecule has 0 fully saturated rings. The van der Waals surface area contributed by atoms with Crippen LogP contribution in [-0.4, -0.2) is 23.1 Å². The third kappa shape index (κ3) is 4.45. The molecular weight excluding hydrogens is 260 g/mol. The van der Waals surface area contributed by atoms with E-state index in [1.807, 2.05) is 24.4 Å². The third-order valence-electron chi connectivity index (χ3n) is 3.23. The van der Waals surface area contributed by atoms with Gasteiger partial charge in [-0.05, 0) is 43.5 Å². The zero-order valence-electron chi connectivity index (χ0n) is 13.1. The number of nitrogens with zero attached hydrogens (tertiary/aromatic N) is 3. The molecule has 4 nitrogen and oxygen atoms in total. The first-order valence-corrected chi connectivity index (χ1v) is 7.64. The van der Waals surface area contributed by atoms with Gasteiger partial charge >= 0.3 is 0 Å². The number of benzene rings is 1. The van der Waals surface area contributed by atoms with Crippen LogP contribution in [0.5, 0.6) is 0 Å². The Morgan fingerprint density at radius 2 is 1.86 bits per heavy atom. The molecule has 112 valence electrons. The molecule has 0 unspecified atom stereocenters. The van der Waals surface area contributed by atoms with Gasteiger partial charge in [0.05, 0.1) is 0 Å². The van der Waals surface area contributed by atoms with Gasteiger partial charge in [0.1, 0.15) is 5.82 Å². The van der Waals surface area contributed by atoms with E-state index in [0.717, 1.165) is 37.4 Å². The molecule has 0 aliphatic heterocycles. The van der Waals surface area contributed by atoms with Gasteiger partial charge in [0, 0.05) is 25.0 Å². The Balaban J connectivity index is 2.16. The second-order valence-electron chi connectivity index (χ2n) is 5.22. The van der Waals surface area contributed by atoms with E-state index in [9.17, 15) is 0 Å². The highest BCUT2D eigenvalue weighted by molar-refractivity contribution is 5.55. The van der Waals surface area contributed by atoms with Crippen molar-refractivity contribution < 1.29 is 0 Å². The fourth-order valence-electron chi connectivity index (χ4n) is 2.32. The van der Waals surface area contributed by atoms with Crippen molar-refractivity contribution in [3.8, 4) is 0 Å². The molecular formula is C17H24N4. The molecule has 0 saturated heterocycles. The topological polar surface area (TPSA) is 41.1 Å². The summed E-state index contributed by atoms with van der Waals surface area (Å²) >= 11 is 0. The predicted molar refractivity (Wildman–Crippen MR) is 89.3 cm³/mol. The van der Waals surface area contributed by atoms with E-state index in [0.29, 0.717) is 5.95 Å². The number of hydrogen-bond acceptors (Lipinski definition) is 4. The summed E-state index contributed by atoms with van der Waals surface area (Å²) in [5.74, 6) is 1.64. The molecule has 0 saturated carbocycles. The highest BCUT2D eigenvalue weighted by Gasteiger charge is 2.07. The van der Waals surface area contributed by atoms with Crippen molar-refractivity contribution in [2.45, 2.75) is 33.6 Å². The average molecular weight is 284 g/mol. The maximum atomic E-state index is 4.64. The monoisotopic (exact) mass is 284 g/mol. The molecule has 21 heavy (non-hydrogen) atoms. The molecule has 2 aromatic rings. The van der Waals surface area contributed by atoms with Gasteiger partial charge in [0.25, 0.3) is 0 Å². The van der Waals surface area contributed by atoms with Crippen molar-refractivity contribution in [3.05, 3.63) is 42.1 Å². The largest absolute Gasteiger partial charge is 0.356 e. The zero-order valence-corrected chi connectivity index (χ0v) is 13.1. The molecule has 0 bridgehead atoms. The van der Waals surface area contributed by atoms with Crippen LogP contribution in [0.1, 0.15) is 32.3 Å². The lowest BCUT2D eigenvalue weighted by molar-refractivity contribution is 0.733. The van der Waals surface area contributed by atoms with Gasteiger partial charge in [0.2, 0.25) is 5.95 Å². The van der Waals surface area contributed by atoms with Crippen molar-refractivity contribution in [1.82, 2.24) is 9.97 Å². The van der Waals surface area contributed by atoms with E-state index in [-0.39, 0.29) is 0 Å². The van der Waals surface area contributed by atoms with Crippen LogP contribution in [0, 0.1) is 6.92 Å². The number of nitrogens with one attached hydrogen (secondary N) is 1. The molecule has 0 spiro atoms. The van der Waals surface area contributed by atoms with Gasteiger partial charge in [0.15, 0.2) is 0 Å². The standard InChI is InChI=1S/C17H24N4/c1-4-11-21(12-5-2)16-9-10-18-17(20-16)19-15-8-6-7-14(3)13-15/h6-10,13H,4-5,11-12H2,1-3H3,(H,18,19,20). The van der Waals surface area contributed by atoms with Gasteiger partial charge in [-0.2, -0.15) is 4.98 Å².